The molecule has 2 N–H and O–H groups in total. The SMILES string of the molecule is O=C(Nc1ccccc1NC(=O)C1CCCN(Cc2ccccc2)C1)c1ccccc1. The van der Waals surface area contributed by atoms with Gasteiger partial charge in [0.1, 0.15) is 0 Å². The van der Waals surface area contributed by atoms with Crippen molar-refractivity contribution in [1.29, 1.82) is 0 Å². The van der Waals surface area contributed by atoms with Crippen LogP contribution in [0.15, 0.2) is 84.9 Å². The van der Waals surface area contributed by atoms with Crippen LogP contribution in [0, 0.1) is 5.92 Å². The highest BCUT2D eigenvalue weighted by molar-refractivity contribution is 6.07. The molecule has 31 heavy (non-hydrogen) atoms. The largest absolute Gasteiger partial charge is 0.324 e. The van der Waals surface area contributed by atoms with Gasteiger partial charge in [0.2, 0.25) is 5.91 Å². The van der Waals surface area contributed by atoms with Gasteiger partial charge < -0.3 is 10.6 Å². The number of amides is 2. The number of nitrogens with zero attached hydrogens (tertiary/aromatic N) is 1. The number of likely N-dealkylation sites (tertiary alicyclic amines) is 1. The van der Waals surface area contributed by atoms with Crippen LogP contribution in [0.2, 0.25) is 0 Å². The van der Waals surface area contributed by atoms with Crippen LogP contribution in [0.25, 0.3) is 0 Å². The molecular weight excluding hydrogens is 386 g/mol. The summed E-state index contributed by atoms with van der Waals surface area (Å²) < 4.78 is 0. The maximum atomic E-state index is 13.0. The van der Waals surface area contributed by atoms with E-state index in [0.29, 0.717) is 16.9 Å². The predicted octanol–water partition coefficient (Wildman–Crippen LogP) is 4.79. The molecule has 0 radical (unpaired) electrons. The number of carbonyl (C=O) groups excluding carboxylic acids is 2. The number of carbonyl (C=O) groups is 2. The van der Waals surface area contributed by atoms with Gasteiger partial charge in [0.05, 0.1) is 17.3 Å². The fourth-order valence-electron chi connectivity index (χ4n) is 3.97. The van der Waals surface area contributed by atoms with Gasteiger partial charge in [0, 0.05) is 18.7 Å². The molecule has 1 atom stereocenters. The normalized spacial score (nSPS) is 16.5. The molecule has 1 unspecified atom stereocenters. The second-order valence-corrected chi connectivity index (χ2v) is 7.91. The third kappa shape index (κ3) is 5.58. The van der Waals surface area contributed by atoms with Crippen molar-refractivity contribution < 1.29 is 9.59 Å². The van der Waals surface area contributed by atoms with Gasteiger partial charge in [0.25, 0.3) is 5.91 Å². The second kappa shape index (κ2) is 10.0. The van der Waals surface area contributed by atoms with Crippen LogP contribution in [0.1, 0.15) is 28.8 Å². The number of nitrogens with one attached hydrogen (secondary N) is 2. The van der Waals surface area contributed by atoms with Crippen molar-refractivity contribution in [3.8, 4) is 0 Å². The van der Waals surface area contributed by atoms with Crippen LogP contribution in [-0.2, 0) is 11.3 Å². The Morgan fingerprint density at radius 1 is 0.806 bits per heavy atom. The van der Waals surface area contributed by atoms with Gasteiger partial charge in [-0.1, -0.05) is 60.7 Å². The highest BCUT2D eigenvalue weighted by atomic mass is 16.2. The molecule has 5 nitrogen and oxygen atoms in total. The molecule has 1 saturated heterocycles. The molecule has 3 aromatic carbocycles. The Balaban J connectivity index is 1.40. The van der Waals surface area contributed by atoms with E-state index in [2.05, 4.69) is 27.7 Å². The van der Waals surface area contributed by atoms with Crippen molar-refractivity contribution in [3.05, 3.63) is 96.1 Å². The molecule has 5 heteroatoms. The van der Waals surface area contributed by atoms with Gasteiger partial charge in [-0.25, -0.2) is 0 Å². The lowest BCUT2D eigenvalue weighted by molar-refractivity contribution is -0.121. The summed E-state index contributed by atoms with van der Waals surface area (Å²) in [7, 11) is 0. The lowest BCUT2D eigenvalue weighted by Gasteiger charge is -2.32. The van der Waals surface area contributed by atoms with Gasteiger partial charge in [-0.2, -0.15) is 0 Å². The van der Waals surface area contributed by atoms with E-state index >= 15 is 0 Å². The predicted molar refractivity (Wildman–Crippen MR) is 124 cm³/mol. The van der Waals surface area contributed by atoms with Crippen LogP contribution < -0.4 is 10.6 Å². The summed E-state index contributed by atoms with van der Waals surface area (Å²) in [6.07, 6.45) is 1.87. The first-order chi connectivity index (χ1) is 15.2. The summed E-state index contributed by atoms with van der Waals surface area (Å²) >= 11 is 0. The van der Waals surface area contributed by atoms with E-state index in [1.165, 1.54) is 5.56 Å². The highest BCUT2D eigenvalue weighted by Crippen LogP contribution is 2.25. The maximum Gasteiger partial charge on any atom is 0.255 e. The average molecular weight is 414 g/mol. The van der Waals surface area contributed by atoms with Crippen molar-refractivity contribution in [2.24, 2.45) is 5.92 Å². The Labute approximate surface area is 183 Å². The number of piperidine rings is 1. The van der Waals surface area contributed by atoms with Gasteiger partial charge in [-0.05, 0) is 49.2 Å². The molecule has 0 aliphatic carbocycles. The molecule has 0 saturated carbocycles. The number of para-hydroxylation sites is 2. The lowest BCUT2D eigenvalue weighted by Crippen LogP contribution is -2.40. The number of anilines is 2. The molecule has 3 aromatic rings. The van der Waals surface area contributed by atoms with Crippen molar-refractivity contribution in [1.82, 2.24) is 4.90 Å². The fourth-order valence-corrected chi connectivity index (χ4v) is 3.97. The number of hydrogen-bond donors (Lipinski definition) is 2. The molecule has 4 rings (SSSR count). The third-order valence-corrected chi connectivity index (χ3v) is 5.59. The summed E-state index contributed by atoms with van der Waals surface area (Å²) in [4.78, 5) is 27.9. The van der Waals surface area contributed by atoms with E-state index < -0.39 is 0 Å². The molecule has 0 spiro atoms. The minimum absolute atomic E-state index is 0.000767. The van der Waals surface area contributed by atoms with Crippen molar-refractivity contribution in [2.45, 2.75) is 19.4 Å². The van der Waals surface area contributed by atoms with E-state index in [1.54, 1.807) is 18.2 Å². The molecule has 1 aliphatic rings. The van der Waals surface area contributed by atoms with Crippen LogP contribution in [0.4, 0.5) is 11.4 Å². The van der Waals surface area contributed by atoms with Gasteiger partial charge in [-0.3, -0.25) is 14.5 Å². The quantitative estimate of drug-likeness (QED) is 0.611. The van der Waals surface area contributed by atoms with Crippen LogP contribution >= 0.6 is 0 Å². The summed E-state index contributed by atoms with van der Waals surface area (Å²) in [5.41, 5.74) is 3.06. The first kappa shape index (κ1) is 20.8. The topological polar surface area (TPSA) is 61.4 Å². The Morgan fingerprint density at radius 2 is 1.42 bits per heavy atom. The molecule has 158 valence electrons. The first-order valence-corrected chi connectivity index (χ1v) is 10.7. The third-order valence-electron chi connectivity index (χ3n) is 5.59. The fraction of sp³-hybridized carbons (Fsp3) is 0.231. The summed E-state index contributed by atoms with van der Waals surface area (Å²) in [5.74, 6) is -0.275. The summed E-state index contributed by atoms with van der Waals surface area (Å²) in [5, 5.41) is 5.95. The lowest BCUT2D eigenvalue weighted by atomic mass is 9.96. The smallest absolute Gasteiger partial charge is 0.255 e. The van der Waals surface area contributed by atoms with Gasteiger partial charge >= 0.3 is 0 Å². The van der Waals surface area contributed by atoms with E-state index in [1.807, 2.05) is 54.6 Å². The molecular formula is C26H27N3O2. The molecule has 2 amide bonds. The minimum atomic E-state index is -0.200. The first-order valence-electron chi connectivity index (χ1n) is 10.7. The number of rotatable bonds is 6. The summed E-state index contributed by atoms with van der Waals surface area (Å²) in [6, 6.07) is 26.7. The summed E-state index contributed by atoms with van der Waals surface area (Å²) in [6.45, 7) is 2.59. The van der Waals surface area contributed by atoms with Crippen molar-refractivity contribution in [3.63, 3.8) is 0 Å². The molecule has 1 fully saturated rings. The van der Waals surface area contributed by atoms with Crippen LogP contribution in [0.3, 0.4) is 0 Å². The zero-order chi connectivity index (χ0) is 21.5. The Kier molecular flexibility index (Phi) is 6.75. The van der Waals surface area contributed by atoms with E-state index in [0.717, 1.165) is 32.5 Å². The van der Waals surface area contributed by atoms with Crippen molar-refractivity contribution >= 4 is 23.2 Å². The van der Waals surface area contributed by atoms with Crippen LogP contribution in [0.5, 0.6) is 0 Å². The standard InChI is InChI=1S/C26H27N3O2/c30-25(21-12-5-2-6-13-21)27-23-15-7-8-16-24(23)28-26(31)22-14-9-17-29(19-22)18-20-10-3-1-4-11-20/h1-8,10-13,15-16,22H,9,14,17-19H2,(H,27,30)(H,28,31). The zero-order valence-corrected chi connectivity index (χ0v) is 17.5. The Bertz CT molecular complexity index is 1020. The molecule has 1 aliphatic heterocycles. The van der Waals surface area contributed by atoms with Crippen molar-refractivity contribution in [2.75, 3.05) is 23.7 Å². The molecule has 0 aromatic heterocycles. The Hall–Kier alpha value is -3.44. The minimum Gasteiger partial charge on any atom is -0.324 e. The van der Waals surface area contributed by atoms with Crippen LogP contribution in [-0.4, -0.2) is 29.8 Å². The number of benzene rings is 3. The molecule has 1 heterocycles. The van der Waals surface area contributed by atoms with E-state index in [9.17, 15) is 9.59 Å². The van der Waals surface area contributed by atoms with E-state index in [-0.39, 0.29) is 17.7 Å². The monoisotopic (exact) mass is 413 g/mol. The van der Waals surface area contributed by atoms with E-state index in [4.69, 9.17) is 0 Å². The zero-order valence-electron chi connectivity index (χ0n) is 17.5. The Morgan fingerprint density at radius 3 is 2.13 bits per heavy atom. The highest BCUT2D eigenvalue weighted by Gasteiger charge is 2.26. The second-order valence-electron chi connectivity index (χ2n) is 7.91. The molecule has 0 bridgehead atoms. The average Bonchev–Trinajstić information content (AvgIpc) is 2.82. The maximum absolute atomic E-state index is 13.0. The van der Waals surface area contributed by atoms with Gasteiger partial charge in [0.15, 0.2) is 0 Å². The number of hydrogen-bond acceptors (Lipinski definition) is 3. The van der Waals surface area contributed by atoms with Gasteiger partial charge in [-0.15, -0.1) is 0 Å².